The number of amides is 3. The first kappa shape index (κ1) is 22.1. The van der Waals surface area contributed by atoms with Crippen LogP contribution in [-0.4, -0.2) is 49.6 Å². The number of anilines is 1. The van der Waals surface area contributed by atoms with Gasteiger partial charge >= 0.3 is 11.8 Å². The minimum atomic E-state index is -0.932. The van der Waals surface area contributed by atoms with Gasteiger partial charge in [0.1, 0.15) is 0 Å². The van der Waals surface area contributed by atoms with Gasteiger partial charge in [0.05, 0.1) is 17.4 Å². The van der Waals surface area contributed by atoms with E-state index in [4.69, 9.17) is 4.74 Å². The molecule has 0 aliphatic carbocycles. The average Bonchev–Trinajstić information content (AvgIpc) is 2.75. The number of aliphatic hydroxyl groups is 1. The van der Waals surface area contributed by atoms with E-state index in [9.17, 15) is 19.5 Å². The van der Waals surface area contributed by atoms with Gasteiger partial charge in [0.2, 0.25) is 0 Å². The van der Waals surface area contributed by atoms with Gasteiger partial charge < -0.3 is 25.8 Å². The maximum Gasteiger partial charge on any atom is 0.313 e. The van der Waals surface area contributed by atoms with Crippen molar-refractivity contribution in [3.8, 4) is 0 Å². The number of rotatable bonds is 9. The zero-order chi connectivity index (χ0) is 21.1. The zero-order valence-corrected chi connectivity index (χ0v) is 16.2. The molecule has 0 fully saturated rings. The Labute approximate surface area is 169 Å². The van der Waals surface area contributed by atoms with Gasteiger partial charge in [-0.3, -0.25) is 14.4 Å². The van der Waals surface area contributed by atoms with Crippen molar-refractivity contribution in [1.82, 2.24) is 10.6 Å². The van der Waals surface area contributed by atoms with E-state index in [0.717, 1.165) is 0 Å². The first-order valence-corrected chi connectivity index (χ1v) is 9.21. The third kappa shape index (κ3) is 7.02. The number of nitrogens with one attached hydrogen (secondary N) is 3. The van der Waals surface area contributed by atoms with Crippen LogP contribution in [-0.2, 0) is 14.3 Å². The van der Waals surface area contributed by atoms with Crippen molar-refractivity contribution in [2.24, 2.45) is 0 Å². The van der Waals surface area contributed by atoms with Gasteiger partial charge in [-0.15, -0.1) is 0 Å². The molecule has 0 aromatic heterocycles. The summed E-state index contributed by atoms with van der Waals surface area (Å²) in [4.78, 5) is 36.6. The molecule has 2 aromatic rings. The average molecular weight is 399 g/mol. The van der Waals surface area contributed by atoms with Gasteiger partial charge in [-0.1, -0.05) is 42.5 Å². The van der Waals surface area contributed by atoms with Crippen LogP contribution < -0.4 is 16.0 Å². The van der Waals surface area contributed by atoms with Crippen molar-refractivity contribution in [2.45, 2.75) is 12.5 Å². The summed E-state index contributed by atoms with van der Waals surface area (Å²) in [6.07, 6.45) is -0.277. The lowest BCUT2D eigenvalue weighted by atomic mass is 10.1. The van der Waals surface area contributed by atoms with Crippen LogP contribution in [0.15, 0.2) is 54.6 Å². The molecule has 2 aromatic carbocycles. The number of aliphatic hydroxyl groups excluding tert-OH is 1. The fourth-order valence-corrected chi connectivity index (χ4v) is 2.55. The SMILES string of the molecule is COCCCNC(=O)c1ccccc1NC(=O)C(=O)NC[C@H](O)c1ccccc1. The van der Waals surface area contributed by atoms with Crippen molar-refractivity contribution < 1.29 is 24.2 Å². The molecule has 0 saturated heterocycles. The molecule has 0 heterocycles. The van der Waals surface area contributed by atoms with E-state index < -0.39 is 17.9 Å². The molecule has 0 aliphatic heterocycles. The zero-order valence-electron chi connectivity index (χ0n) is 16.2. The lowest BCUT2D eigenvalue weighted by Crippen LogP contribution is -2.38. The molecule has 0 unspecified atom stereocenters. The quantitative estimate of drug-likeness (QED) is 0.374. The largest absolute Gasteiger partial charge is 0.387 e. The Morgan fingerprint density at radius 3 is 2.38 bits per heavy atom. The molecule has 29 heavy (non-hydrogen) atoms. The van der Waals surface area contributed by atoms with Gasteiger partial charge in [0, 0.05) is 26.8 Å². The fourth-order valence-electron chi connectivity index (χ4n) is 2.55. The van der Waals surface area contributed by atoms with Gasteiger partial charge in [-0.2, -0.15) is 0 Å². The Kier molecular flexibility index (Phi) is 8.81. The second-order valence-electron chi connectivity index (χ2n) is 6.24. The number of hydrogen-bond donors (Lipinski definition) is 4. The van der Waals surface area contributed by atoms with Crippen LogP contribution in [0.3, 0.4) is 0 Å². The van der Waals surface area contributed by atoms with Crippen molar-refractivity contribution >= 4 is 23.4 Å². The van der Waals surface area contributed by atoms with Crippen molar-refractivity contribution in [3.63, 3.8) is 0 Å². The summed E-state index contributed by atoms with van der Waals surface area (Å²) in [5.41, 5.74) is 1.10. The number of carbonyl (C=O) groups is 3. The summed E-state index contributed by atoms with van der Waals surface area (Å²) in [6, 6.07) is 15.2. The van der Waals surface area contributed by atoms with E-state index >= 15 is 0 Å². The Balaban J connectivity index is 1.91. The van der Waals surface area contributed by atoms with Crippen molar-refractivity contribution in [3.05, 3.63) is 65.7 Å². The molecule has 154 valence electrons. The topological polar surface area (TPSA) is 117 Å². The normalized spacial score (nSPS) is 11.4. The highest BCUT2D eigenvalue weighted by Gasteiger charge is 2.18. The molecule has 8 nitrogen and oxygen atoms in total. The summed E-state index contributed by atoms with van der Waals surface area (Å²) in [5, 5.41) is 17.6. The highest BCUT2D eigenvalue weighted by atomic mass is 16.5. The van der Waals surface area contributed by atoms with Gasteiger partial charge in [-0.05, 0) is 24.1 Å². The molecule has 1 atom stereocenters. The molecular weight excluding hydrogens is 374 g/mol. The molecule has 2 rings (SSSR count). The fraction of sp³-hybridized carbons (Fsp3) is 0.286. The minimum Gasteiger partial charge on any atom is -0.387 e. The number of hydrogen-bond acceptors (Lipinski definition) is 5. The second kappa shape index (κ2) is 11.6. The predicted octanol–water partition coefficient (Wildman–Crippen LogP) is 1.24. The molecule has 0 aliphatic rings. The van der Waals surface area contributed by atoms with Crippen LogP contribution >= 0.6 is 0 Å². The van der Waals surface area contributed by atoms with Crippen LogP contribution in [0.4, 0.5) is 5.69 Å². The summed E-state index contributed by atoms with van der Waals surface area (Å²) in [6.45, 7) is 0.832. The van der Waals surface area contributed by atoms with Gasteiger partial charge in [-0.25, -0.2) is 0 Å². The van der Waals surface area contributed by atoms with Crippen molar-refractivity contribution in [1.29, 1.82) is 0 Å². The Morgan fingerprint density at radius 2 is 1.66 bits per heavy atom. The summed E-state index contributed by atoms with van der Waals surface area (Å²) in [7, 11) is 1.58. The first-order valence-electron chi connectivity index (χ1n) is 9.21. The third-order valence-electron chi connectivity index (χ3n) is 4.08. The van der Waals surface area contributed by atoms with Crippen molar-refractivity contribution in [2.75, 3.05) is 32.1 Å². The summed E-state index contributed by atoms with van der Waals surface area (Å²) < 4.78 is 4.93. The number of methoxy groups -OCH3 is 1. The maximum atomic E-state index is 12.3. The molecule has 0 spiro atoms. The number of carbonyl (C=O) groups excluding carboxylic acids is 3. The van der Waals surface area contributed by atoms with Crippen LogP contribution in [0.25, 0.3) is 0 Å². The number of ether oxygens (including phenoxy) is 1. The van der Waals surface area contributed by atoms with E-state index in [0.29, 0.717) is 25.1 Å². The number of benzene rings is 2. The molecule has 8 heteroatoms. The third-order valence-corrected chi connectivity index (χ3v) is 4.08. The van der Waals surface area contributed by atoms with E-state index in [2.05, 4.69) is 16.0 Å². The smallest absolute Gasteiger partial charge is 0.313 e. The minimum absolute atomic E-state index is 0.113. The summed E-state index contributed by atoms with van der Waals surface area (Å²) >= 11 is 0. The molecule has 4 N–H and O–H groups in total. The standard InChI is InChI=1S/C21H25N3O5/c1-29-13-7-12-22-19(26)16-10-5-6-11-17(16)24-21(28)20(27)23-14-18(25)15-8-3-2-4-9-15/h2-6,8-11,18,25H,7,12-14H2,1H3,(H,22,26)(H,23,27)(H,24,28)/t18-/m0/s1. The molecule has 0 bridgehead atoms. The van der Waals surface area contributed by atoms with E-state index in [1.165, 1.54) is 6.07 Å². The van der Waals surface area contributed by atoms with E-state index in [1.807, 2.05) is 6.07 Å². The Hall–Kier alpha value is -3.23. The van der Waals surface area contributed by atoms with Gasteiger partial charge in [0.25, 0.3) is 5.91 Å². The maximum absolute atomic E-state index is 12.3. The predicted molar refractivity (Wildman–Crippen MR) is 108 cm³/mol. The van der Waals surface area contributed by atoms with Crippen LogP contribution in [0.1, 0.15) is 28.4 Å². The summed E-state index contributed by atoms with van der Waals surface area (Å²) in [5.74, 6) is -2.20. The lowest BCUT2D eigenvalue weighted by molar-refractivity contribution is -0.136. The number of para-hydroxylation sites is 1. The van der Waals surface area contributed by atoms with Crippen LogP contribution in [0.5, 0.6) is 0 Å². The molecule has 0 saturated carbocycles. The molecular formula is C21H25N3O5. The van der Waals surface area contributed by atoms with Crippen LogP contribution in [0.2, 0.25) is 0 Å². The first-order chi connectivity index (χ1) is 14.0. The molecule has 3 amide bonds. The van der Waals surface area contributed by atoms with E-state index in [1.54, 1.807) is 49.6 Å². The highest BCUT2D eigenvalue weighted by Crippen LogP contribution is 2.15. The Bertz CT molecular complexity index is 826. The van der Waals surface area contributed by atoms with E-state index in [-0.39, 0.29) is 23.7 Å². The highest BCUT2D eigenvalue weighted by molar-refractivity contribution is 6.40. The monoisotopic (exact) mass is 399 g/mol. The van der Waals surface area contributed by atoms with Gasteiger partial charge in [0.15, 0.2) is 0 Å². The lowest BCUT2D eigenvalue weighted by Gasteiger charge is -2.13. The molecule has 0 radical (unpaired) electrons. The Morgan fingerprint density at radius 1 is 0.966 bits per heavy atom. The van der Waals surface area contributed by atoms with Crippen LogP contribution in [0, 0.1) is 0 Å². The second-order valence-corrected chi connectivity index (χ2v) is 6.24.